The highest BCUT2D eigenvalue weighted by Gasteiger charge is 2.37. The summed E-state index contributed by atoms with van der Waals surface area (Å²) in [6.45, 7) is 2.20. The number of hydrogen-bond acceptors (Lipinski definition) is 4. The Morgan fingerprint density at radius 3 is 2.40 bits per heavy atom. The molecule has 0 aromatic rings. The van der Waals surface area contributed by atoms with Crippen LogP contribution in [0.2, 0.25) is 0 Å². The third-order valence-electron chi connectivity index (χ3n) is 5.50. The van der Waals surface area contributed by atoms with Gasteiger partial charge in [-0.1, -0.05) is 43.9 Å². The molecule has 0 amide bonds. The number of thioether (sulfide) groups is 2. The fourth-order valence-corrected chi connectivity index (χ4v) is 6.04. The molecule has 0 aromatic heterocycles. The summed E-state index contributed by atoms with van der Waals surface area (Å²) in [4.78, 5) is 4.87. The van der Waals surface area contributed by atoms with Crippen LogP contribution >= 0.6 is 23.5 Å². The van der Waals surface area contributed by atoms with E-state index in [-0.39, 0.29) is 0 Å². The second-order valence-electron chi connectivity index (χ2n) is 6.92. The molecule has 1 aliphatic heterocycles. The Morgan fingerprint density at radius 2 is 1.80 bits per heavy atom. The molecule has 0 saturated heterocycles. The summed E-state index contributed by atoms with van der Waals surface area (Å²) in [7, 11) is 0. The van der Waals surface area contributed by atoms with Crippen molar-refractivity contribution in [1.29, 1.82) is 0 Å². The van der Waals surface area contributed by atoms with Crippen LogP contribution < -0.4 is 5.32 Å². The van der Waals surface area contributed by atoms with Gasteiger partial charge < -0.3 is 5.32 Å². The van der Waals surface area contributed by atoms with Crippen LogP contribution in [0.4, 0.5) is 0 Å². The van der Waals surface area contributed by atoms with Gasteiger partial charge in [0.1, 0.15) is 0 Å². The molecule has 0 unspecified atom stereocenters. The lowest BCUT2D eigenvalue weighted by Gasteiger charge is -2.37. The van der Waals surface area contributed by atoms with Crippen LogP contribution in [0.25, 0.3) is 0 Å². The normalized spacial score (nSPS) is 28.4. The summed E-state index contributed by atoms with van der Waals surface area (Å²) < 4.78 is 0.476. The molecule has 2 aliphatic carbocycles. The van der Waals surface area contributed by atoms with Crippen molar-refractivity contribution in [2.75, 3.05) is 25.1 Å². The van der Waals surface area contributed by atoms with Crippen molar-refractivity contribution in [3.8, 4) is 0 Å². The number of rotatable bonds is 3. The second-order valence-corrected chi connectivity index (χ2v) is 9.16. The first kappa shape index (κ1) is 15.1. The van der Waals surface area contributed by atoms with Crippen molar-refractivity contribution in [2.24, 2.45) is 10.4 Å². The molecular formula is C16H28N2S2. The summed E-state index contributed by atoms with van der Waals surface area (Å²) in [6, 6.07) is 0. The van der Waals surface area contributed by atoms with Gasteiger partial charge in [0.2, 0.25) is 0 Å². The molecule has 2 saturated carbocycles. The van der Waals surface area contributed by atoms with E-state index in [9.17, 15) is 0 Å². The number of nitrogens with zero attached hydrogens (tertiary/aromatic N) is 1. The lowest BCUT2D eigenvalue weighted by Crippen LogP contribution is -2.42. The van der Waals surface area contributed by atoms with Crippen LogP contribution in [0.15, 0.2) is 4.99 Å². The van der Waals surface area contributed by atoms with E-state index in [1.54, 1.807) is 0 Å². The number of nitrogens with one attached hydrogen (secondary N) is 1. The van der Waals surface area contributed by atoms with Crippen molar-refractivity contribution in [3.05, 3.63) is 0 Å². The predicted molar refractivity (Wildman–Crippen MR) is 93.0 cm³/mol. The summed E-state index contributed by atoms with van der Waals surface area (Å²) in [6.07, 6.45) is 15.0. The Hall–Kier alpha value is 0.170. The first-order valence-electron chi connectivity index (χ1n) is 8.22. The zero-order valence-electron chi connectivity index (χ0n) is 12.7. The monoisotopic (exact) mass is 312 g/mol. The zero-order chi connectivity index (χ0) is 13.9. The molecule has 0 radical (unpaired) electrons. The third kappa shape index (κ3) is 3.32. The summed E-state index contributed by atoms with van der Waals surface area (Å²) in [5.74, 6) is 1.30. The zero-order valence-corrected chi connectivity index (χ0v) is 14.4. The molecular weight excluding hydrogens is 284 g/mol. The van der Waals surface area contributed by atoms with E-state index in [1.807, 2.05) is 11.8 Å². The molecule has 0 bridgehead atoms. The van der Waals surface area contributed by atoms with Gasteiger partial charge in [0, 0.05) is 23.6 Å². The van der Waals surface area contributed by atoms with Gasteiger partial charge in [0.05, 0.1) is 0 Å². The van der Waals surface area contributed by atoms with Crippen LogP contribution in [0.5, 0.6) is 0 Å². The van der Waals surface area contributed by atoms with Crippen LogP contribution in [0, 0.1) is 5.41 Å². The molecule has 1 heterocycles. The van der Waals surface area contributed by atoms with Gasteiger partial charge in [-0.05, 0) is 37.4 Å². The predicted octanol–water partition coefficient (Wildman–Crippen LogP) is 4.31. The van der Waals surface area contributed by atoms with Crippen molar-refractivity contribution >= 4 is 28.7 Å². The van der Waals surface area contributed by atoms with Crippen molar-refractivity contribution < 1.29 is 0 Å². The highest BCUT2D eigenvalue weighted by molar-refractivity contribution is 8.13. The minimum Gasteiger partial charge on any atom is -0.364 e. The largest absolute Gasteiger partial charge is 0.364 e. The average molecular weight is 313 g/mol. The van der Waals surface area contributed by atoms with Gasteiger partial charge in [0.25, 0.3) is 0 Å². The first-order chi connectivity index (χ1) is 9.76. The Balaban J connectivity index is 1.52. The van der Waals surface area contributed by atoms with E-state index >= 15 is 0 Å². The van der Waals surface area contributed by atoms with Gasteiger partial charge >= 0.3 is 0 Å². The molecule has 4 heteroatoms. The SMILES string of the molecule is CSC1(CNC2=NCC3(CCCC3)CS2)CCCCC1. The average Bonchev–Trinajstić information content (AvgIpc) is 2.96. The molecule has 3 aliphatic rings. The first-order valence-corrected chi connectivity index (χ1v) is 10.4. The standard InChI is InChI=1S/C16H28N2S2/c1-19-16(9-3-2-4-10-16)12-18-14-17-11-15(13-20-14)7-5-6-8-15/h2-13H2,1H3,(H,17,18). The van der Waals surface area contributed by atoms with E-state index < -0.39 is 0 Å². The van der Waals surface area contributed by atoms with Gasteiger partial charge in [-0.3, -0.25) is 4.99 Å². The van der Waals surface area contributed by atoms with Crippen molar-refractivity contribution in [2.45, 2.75) is 62.5 Å². The van der Waals surface area contributed by atoms with E-state index in [2.05, 4.69) is 23.3 Å². The highest BCUT2D eigenvalue weighted by atomic mass is 32.2. The highest BCUT2D eigenvalue weighted by Crippen LogP contribution is 2.43. The van der Waals surface area contributed by atoms with E-state index in [4.69, 9.17) is 4.99 Å². The van der Waals surface area contributed by atoms with Gasteiger partial charge in [-0.25, -0.2) is 0 Å². The third-order valence-corrected chi connectivity index (χ3v) is 8.22. The fourth-order valence-electron chi connectivity index (χ4n) is 3.97. The molecule has 0 aromatic carbocycles. The molecule has 3 rings (SSSR count). The maximum Gasteiger partial charge on any atom is 0.156 e. The number of aliphatic imine (C=N–C) groups is 1. The van der Waals surface area contributed by atoms with Crippen LogP contribution in [-0.4, -0.2) is 35.0 Å². The Kier molecular flexibility index (Phi) is 4.91. The molecule has 0 atom stereocenters. The van der Waals surface area contributed by atoms with Crippen LogP contribution in [0.3, 0.4) is 0 Å². The second kappa shape index (κ2) is 6.51. The maximum absolute atomic E-state index is 4.87. The molecule has 20 heavy (non-hydrogen) atoms. The molecule has 1 N–H and O–H groups in total. The van der Waals surface area contributed by atoms with Crippen LogP contribution in [0.1, 0.15) is 57.8 Å². The molecule has 114 valence electrons. The van der Waals surface area contributed by atoms with Crippen LogP contribution in [-0.2, 0) is 0 Å². The molecule has 2 fully saturated rings. The number of hydrogen-bond donors (Lipinski definition) is 1. The van der Waals surface area contributed by atoms with Gasteiger partial charge in [0.15, 0.2) is 5.17 Å². The minimum absolute atomic E-state index is 0.476. The summed E-state index contributed by atoms with van der Waals surface area (Å²) in [5, 5.41) is 4.91. The smallest absolute Gasteiger partial charge is 0.156 e. The summed E-state index contributed by atoms with van der Waals surface area (Å²) in [5.41, 5.74) is 0.567. The van der Waals surface area contributed by atoms with E-state index in [0.717, 1.165) is 13.1 Å². The Labute approximate surface area is 132 Å². The lowest BCUT2D eigenvalue weighted by atomic mass is 9.88. The van der Waals surface area contributed by atoms with Gasteiger partial charge in [-0.2, -0.15) is 11.8 Å². The van der Waals surface area contributed by atoms with E-state index in [1.165, 1.54) is 68.7 Å². The molecule has 1 spiro atoms. The lowest BCUT2D eigenvalue weighted by molar-refractivity contribution is 0.357. The van der Waals surface area contributed by atoms with E-state index in [0.29, 0.717) is 10.2 Å². The number of amidine groups is 1. The topological polar surface area (TPSA) is 24.4 Å². The minimum atomic E-state index is 0.476. The van der Waals surface area contributed by atoms with Crippen molar-refractivity contribution in [3.63, 3.8) is 0 Å². The fraction of sp³-hybridized carbons (Fsp3) is 0.938. The van der Waals surface area contributed by atoms with Gasteiger partial charge in [-0.15, -0.1) is 0 Å². The Bertz CT molecular complexity index is 355. The van der Waals surface area contributed by atoms with Crippen molar-refractivity contribution in [1.82, 2.24) is 5.32 Å². The summed E-state index contributed by atoms with van der Waals surface area (Å²) >= 11 is 4.06. The Morgan fingerprint density at radius 1 is 1.10 bits per heavy atom. The molecule has 2 nitrogen and oxygen atoms in total. The maximum atomic E-state index is 4.87. The quantitative estimate of drug-likeness (QED) is 0.840.